The number of sulfonamides is 1. The Morgan fingerprint density at radius 3 is 2.62 bits per heavy atom. The van der Waals surface area contributed by atoms with E-state index in [0.29, 0.717) is 23.7 Å². The molecule has 0 unspecified atom stereocenters. The highest BCUT2D eigenvalue weighted by molar-refractivity contribution is 8.00. The second-order valence-electron chi connectivity index (χ2n) is 7.17. The van der Waals surface area contributed by atoms with E-state index >= 15 is 0 Å². The molecule has 1 saturated heterocycles. The van der Waals surface area contributed by atoms with Crippen molar-refractivity contribution in [2.45, 2.75) is 41.4 Å². The number of pyridine rings is 1. The third-order valence-electron chi connectivity index (χ3n) is 5.18. The van der Waals surface area contributed by atoms with E-state index in [1.807, 2.05) is 31.2 Å². The Kier molecular flexibility index (Phi) is 5.76. The zero-order valence-corrected chi connectivity index (χ0v) is 17.8. The number of thioether (sulfide) groups is 1. The zero-order chi connectivity index (χ0) is 20.4. The Morgan fingerprint density at radius 2 is 1.90 bits per heavy atom. The molecule has 3 aromatic rings. The molecule has 6 nitrogen and oxygen atoms in total. The maximum absolute atomic E-state index is 12.9. The minimum atomic E-state index is -3.49. The van der Waals surface area contributed by atoms with Crippen molar-refractivity contribution in [2.24, 2.45) is 0 Å². The molecule has 0 aliphatic carbocycles. The van der Waals surface area contributed by atoms with Gasteiger partial charge in [0.2, 0.25) is 10.0 Å². The summed E-state index contributed by atoms with van der Waals surface area (Å²) in [6.45, 7) is 2.97. The van der Waals surface area contributed by atoms with Gasteiger partial charge in [-0.25, -0.2) is 13.4 Å². The number of hydrogen-bond donors (Lipinski definition) is 1. The molecule has 152 valence electrons. The molecule has 0 amide bonds. The van der Waals surface area contributed by atoms with Crippen molar-refractivity contribution in [1.29, 1.82) is 0 Å². The van der Waals surface area contributed by atoms with Crippen LogP contribution < -0.4 is 0 Å². The van der Waals surface area contributed by atoms with Gasteiger partial charge >= 0.3 is 0 Å². The summed E-state index contributed by atoms with van der Waals surface area (Å²) < 4.78 is 27.0. The first kappa shape index (κ1) is 20.1. The molecule has 1 fully saturated rings. The van der Waals surface area contributed by atoms with E-state index in [2.05, 4.69) is 9.97 Å². The van der Waals surface area contributed by atoms with E-state index < -0.39 is 10.0 Å². The normalized spacial score (nSPS) is 16.7. The summed E-state index contributed by atoms with van der Waals surface area (Å²) in [5.74, 6) is 0.0132. The maximum Gasteiger partial charge on any atom is 0.244 e. The number of H-pyrrole nitrogens is 1. The molecule has 8 heteroatoms. The van der Waals surface area contributed by atoms with E-state index in [-0.39, 0.29) is 15.9 Å². The van der Waals surface area contributed by atoms with Gasteiger partial charge in [0.1, 0.15) is 4.90 Å². The second kappa shape index (κ2) is 8.30. The Labute approximate surface area is 174 Å². The first-order chi connectivity index (χ1) is 14.0. The average Bonchev–Trinajstić information content (AvgIpc) is 3.18. The number of ketones is 1. The molecular weight excluding hydrogens is 406 g/mol. The second-order valence-corrected chi connectivity index (χ2v) is 10.5. The third-order valence-corrected chi connectivity index (χ3v) is 8.12. The first-order valence-corrected chi connectivity index (χ1v) is 12.0. The molecular formula is C21H23N3O3S2. The van der Waals surface area contributed by atoms with Gasteiger partial charge in [0, 0.05) is 41.9 Å². The van der Waals surface area contributed by atoms with Gasteiger partial charge in [0.15, 0.2) is 5.78 Å². The van der Waals surface area contributed by atoms with Crippen LogP contribution in [-0.4, -0.2) is 46.8 Å². The molecule has 1 aliphatic rings. The van der Waals surface area contributed by atoms with E-state index in [1.54, 1.807) is 18.3 Å². The van der Waals surface area contributed by atoms with Crippen LogP contribution in [0.15, 0.2) is 58.7 Å². The summed E-state index contributed by atoms with van der Waals surface area (Å²) >= 11 is 1.33. The van der Waals surface area contributed by atoms with Crippen molar-refractivity contribution in [3.8, 4) is 0 Å². The van der Waals surface area contributed by atoms with E-state index in [0.717, 1.165) is 30.2 Å². The van der Waals surface area contributed by atoms with Crippen molar-refractivity contribution in [2.75, 3.05) is 13.1 Å². The number of hydrogen-bond acceptors (Lipinski definition) is 5. The lowest BCUT2D eigenvalue weighted by molar-refractivity contribution is 0.0995. The third kappa shape index (κ3) is 4.10. The zero-order valence-electron chi connectivity index (χ0n) is 16.2. The summed E-state index contributed by atoms with van der Waals surface area (Å²) in [6.07, 6.45) is 6.01. The monoisotopic (exact) mass is 429 g/mol. The van der Waals surface area contributed by atoms with Gasteiger partial charge in [0.25, 0.3) is 0 Å². The van der Waals surface area contributed by atoms with Crippen LogP contribution in [0.1, 0.15) is 36.5 Å². The number of rotatable bonds is 6. The van der Waals surface area contributed by atoms with Gasteiger partial charge in [-0.15, -0.1) is 0 Å². The van der Waals surface area contributed by atoms with Gasteiger partial charge < -0.3 is 4.98 Å². The number of piperidine rings is 1. The molecule has 1 aromatic carbocycles. The van der Waals surface area contributed by atoms with Gasteiger partial charge in [-0.05, 0) is 38.0 Å². The van der Waals surface area contributed by atoms with Crippen molar-refractivity contribution >= 4 is 38.5 Å². The number of carbonyl (C=O) groups excluding carboxylic acids is 1. The van der Waals surface area contributed by atoms with Gasteiger partial charge in [-0.3, -0.25) is 4.79 Å². The highest BCUT2D eigenvalue weighted by Crippen LogP contribution is 2.28. The molecule has 1 aliphatic heterocycles. The number of carbonyl (C=O) groups is 1. The summed E-state index contributed by atoms with van der Waals surface area (Å²) in [6, 6.07) is 11.0. The van der Waals surface area contributed by atoms with Crippen LogP contribution in [0.5, 0.6) is 0 Å². The number of Topliss-reactive ketones (excluding diaryl/α,β-unsaturated/α-hetero) is 1. The van der Waals surface area contributed by atoms with E-state index in [4.69, 9.17) is 0 Å². The Bertz CT molecular complexity index is 1120. The molecule has 29 heavy (non-hydrogen) atoms. The number of aromatic nitrogens is 2. The first-order valence-electron chi connectivity index (χ1n) is 9.70. The molecule has 3 heterocycles. The van der Waals surface area contributed by atoms with Crippen molar-refractivity contribution in [3.63, 3.8) is 0 Å². The lowest BCUT2D eigenvalue weighted by atomic mass is 10.1. The summed E-state index contributed by atoms with van der Waals surface area (Å²) in [5, 5.41) is 1.19. The minimum Gasteiger partial charge on any atom is -0.360 e. The van der Waals surface area contributed by atoms with Crippen LogP contribution in [0.4, 0.5) is 0 Å². The van der Waals surface area contributed by atoms with Crippen LogP contribution >= 0.6 is 11.8 Å². The molecule has 2 aromatic heterocycles. The Balaban J connectivity index is 1.47. The number of fused-ring (bicyclic) bond motifs is 1. The SMILES string of the molecule is C[C@@H](Sc1ccc(S(=O)(=O)N2CCCCC2)cn1)C(=O)c1c[nH]c2ccccc12. The minimum absolute atomic E-state index is 0.0132. The number of para-hydroxylation sites is 1. The summed E-state index contributed by atoms with van der Waals surface area (Å²) in [4.78, 5) is 20.5. The van der Waals surface area contributed by atoms with Crippen molar-refractivity contribution in [1.82, 2.24) is 14.3 Å². The van der Waals surface area contributed by atoms with E-state index in [1.165, 1.54) is 22.3 Å². The van der Waals surface area contributed by atoms with Crippen molar-refractivity contribution in [3.05, 3.63) is 54.4 Å². The molecule has 4 rings (SSSR count). The quantitative estimate of drug-likeness (QED) is 0.471. The number of benzene rings is 1. The molecule has 1 atom stereocenters. The largest absolute Gasteiger partial charge is 0.360 e. The van der Waals surface area contributed by atoms with Gasteiger partial charge in [0.05, 0.1) is 10.3 Å². The lowest BCUT2D eigenvalue weighted by Crippen LogP contribution is -2.35. The standard InChI is InChI=1S/C21H23N3O3S2/c1-15(21(25)18-14-22-19-8-4-3-7-17(18)19)28-20-10-9-16(13-23-20)29(26,27)24-11-5-2-6-12-24/h3-4,7-10,13-15,22H,2,5-6,11-12H2,1H3/t15-/m1/s1. The van der Waals surface area contributed by atoms with Crippen LogP contribution in [0.3, 0.4) is 0 Å². The predicted octanol–water partition coefficient (Wildman–Crippen LogP) is 4.10. The van der Waals surface area contributed by atoms with Gasteiger partial charge in [-0.2, -0.15) is 4.31 Å². The Morgan fingerprint density at radius 1 is 1.14 bits per heavy atom. The molecule has 0 radical (unpaired) electrons. The van der Waals surface area contributed by atoms with E-state index in [9.17, 15) is 13.2 Å². The van der Waals surface area contributed by atoms with Gasteiger partial charge in [-0.1, -0.05) is 36.4 Å². The number of aromatic amines is 1. The topological polar surface area (TPSA) is 83.1 Å². The fourth-order valence-corrected chi connectivity index (χ4v) is 5.89. The molecule has 0 saturated carbocycles. The summed E-state index contributed by atoms with van der Waals surface area (Å²) in [5.41, 5.74) is 1.59. The predicted molar refractivity (Wildman–Crippen MR) is 115 cm³/mol. The van der Waals surface area contributed by atoms with Crippen molar-refractivity contribution < 1.29 is 13.2 Å². The highest BCUT2D eigenvalue weighted by Gasteiger charge is 2.26. The maximum atomic E-state index is 12.9. The Hall–Kier alpha value is -2.16. The summed E-state index contributed by atoms with van der Waals surface area (Å²) in [7, 11) is -3.49. The number of nitrogens with one attached hydrogen (secondary N) is 1. The smallest absolute Gasteiger partial charge is 0.244 e. The van der Waals surface area contributed by atoms with Crippen LogP contribution in [0.2, 0.25) is 0 Å². The molecule has 0 bridgehead atoms. The van der Waals surface area contributed by atoms with Crippen LogP contribution in [0.25, 0.3) is 10.9 Å². The highest BCUT2D eigenvalue weighted by atomic mass is 32.2. The average molecular weight is 430 g/mol. The number of nitrogens with zero attached hydrogens (tertiary/aromatic N) is 2. The lowest BCUT2D eigenvalue weighted by Gasteiger charge is -2.25. The van der Waals surface area contributed by atoms with Crippen LogP contribution in [0, 0.1) is 0 Å². The van der Waals surface area contributed by atoms with Crippen LogP contribution in [-0.2, 0) is 10.0 Å². The fraction of sp³-hybridized carbons (Fsp3) is 0.333. The molecule has 1 N–H and O–H groups in total. The fourth-order valence-electron chi connectivity index (χ4n) is 3.57. The molecule has 0 spiro atoms.